The fourth-order valence-electron chi connectivity index (χ4n) is 3.17. The Bertz CT molecular complexity index is 490. The maximum atomic E-state index is 5.84. The summed E-state index contributed by atoms with van der Waals surface area (Å²) in [7, 11) is 3.92. The Morgan fingerprint density at radius 1 is 1.45 bits per heavy atom. The van der Waals surface area contributed by atoms with Gasteiger partial charge in [-0.3, -0.25) is 0 Å². The minimum Gasteiger partial charge on any atom is -0.496 e. The van der Waals surface area contributed by atoms with Crippen LogP contribution in [0, 0.1) is 0 Å². The van der Waals surface area contributed by atoms with E-state index in [0.717, 1.165) is 31.0 Å². The van der Waals surface area contributed by atoms with Crippen molar-refractivity contribution in [2.24, 2.45) is 0 Å². The van der Waals surface area contributed by atoms with Crippen molar-refractivity contribution < 1.29 is 9.47 Å². The van der Waals surface area contributed by atoms with E-state index < -0.39 is 0 Å². The number of rotatable bonds is 4. The highest BCUT2D eigenvalue weighted by Gasteiger charge is 2.23. The molecule has 4 heteroatoms. The molecule has 2 atom stereocenters. The summed E-state index contributed by atoms with van der Waals surface area (Å²) in [5.74, 6) is 2.00. The Hall–Kier alpha value is -1.26. The van der Waals surface area contributed by atoms with Gasteiger partial charge in [-0.15, -0.1) is 0 Å². The van der Waals surface area contributed by atoms with Crippen molar-refractivity contribution in [1.82, 2.24) is 10.2 Å². The van der Waals surface area contributed by atoms with E-state index in [0.29, 0.717) is 6.04 Å². The van der Waals surface area contributed by atoms with Crippen molar-refractivity contribution in [3.8, 4) is 11.5 Å². The fraction of sp³-hybridized carbons (Fsp3) is 0.625. The van der Waals surface area contributed by atoms with E-state index in [2.05, 4.69) is 36.3 Å². The molecule has 0 spiro atoms. The summed E-state index contributed by atoms with van der Waals surface area (Å²) in [4.78, 5) is 2.36. The third kappa shape index (κ3) is 2.76. The lowest BCUT2D eigenvalue weighted by Gasteiger charge is -2.15. The number of methoxy groups -OCH3 is 1. The van der Waals surface area contributed by atoms with E-state index in [9.17, 15) is 0 Å². The third-order valence-corrected chi connectivity index (χ3v) is 4.27. The van der Waals surface area contributed by atoms with Gasteiger partial charge < -0.3 is 19.7 Å². The smallest absolute Gasteiger partial charge is 0.123 e. The Morgan fingerprint density at radius 2 is 2.30 bits per heavy atom. The number of hydrogen-bond acceptors (Lipinski definition) is 4. The number of benzene rings is 1. The van der Waals surface area contributed by atoms with Gasteiger partial charge in [-0.25, -0.2) is 0 Å². The zero-order valence-corrected chi connectivity index (χ0v) is 12.6. The Balaban J connectivity index is 1.71. The number of likely N-dealkylation sites (N-methyl/N-ethyl adjacent to an activating group) is 1. The predicted octanol–water partition coefficient (Wildman–Crippen LogP) is 1.81. The molecule has 1 aromatic carbocycles. The van der Waals surface area contributed by atoms with E-state index >= 15 is 0 Å². The van der Waals surface area contributed by atoms with Crippen LogP contribution in [0.1, 0.15) is 24.5 Å². The molecule has 1 aromatic rings. The molecule has 20 heavy (non-hydrogen) atoms. The highest BCUT2D eigenvalue weighted by molar-refractivity contribution is 5.48. The molecule has 2 aliphatic rings. The highest BCUT2D eigenvalue weighted by atomic mass is 16.5. The largest absolute Gasteiger partial charge is 0.496 e. The van der Waals surface area contributed by atoms with Crippen LogP contribution in [0.4, 0.5) is 0 Å². The van der Waals surface area contributed by atoms with Gasteiger partial charge in [0.1, 0.15) is 17.6 Å². The normalized spacial score (nSPS) is 25.6. The van der Waals surface area contributed by atoms with Crippen molar-refractivity contribution in [2.45, 2.75) is 38.5 Å². The molecule has 1 fully saturated rings. The first-order chi connectivity index (χ1) is 9.65. The van der Waals surface area contributed by atoms with Crippen LogP contribution in [-0.2, 0) is 13.0 Å². The average Bonchev–Trinajstić information content (AvgIpc) is 2.99. The average molecular weight is 276 g/mol. The van der Waals surface area contributed by atoms with Gasteiger partial charge >= 0.3 is 0 Å². The fourth-order valence-corrected chi connectivity index (χ4v) is 3.17. The van der Waals surface area contributed by atoms with E-state index in [4.69, 9.17) is 9.47 Å². The quantitative estimate of drug-likeness (QED) is 0.909. The van der Waals surface area contributed by atoms with Gasteiger partial charge in [0.15, 0.2) is 0 Å². The first-order valence-corrected chi connectivity index (χ1v) is 7.44. The second kappa shape index (κ2) is 5.62. The van der Waals surface area contributed by atoms with E-state index in [1.807, 2.05) is 0 Å². The van der Waals surface area contributed by atoms with Crippen LogP contribution in [0.25, 0.3) is 0 Å². The van der Waals surface area contributed by atoms with Crippen molar-refractivity contribution in [2.75, 3.05) is 27.2 Å². The zero-order valence-electron chi connectivity index (χ0n) is 12.6. The lowest BCUT2D eigenvalue weighted by molar-refractivity contribution is 0.254. The molecule has 4 nitrogen and oxygen atoms in total. The van der Waals surface area contributed by atoms with E-state index in [1.54, 1.807) is 7.11 Å². The molecule has 0 bridgehead atoms. The van der Waals surface area contributed by atoms with Gasteiger partial charge in [0, 0.05) is 36.7 Å². The van der Waals surface area contributed by atoms with Crippen LogP contribution in [0.3, 0.4) is 0 Å². The molecule has 0 aliphatic carbocycles. The molecular weight excluding hydrogens is 252 g/mol. The van der Waals surface area contributed by atoms with Gasteiger partial charge in [0.25, 0.3) is 0 Å². The maximum absolute atomic E-state index is 5.84. The molecule has 1 saturated heterocycles. The number of likely N-dealkylation sites (tertiary alicyclic amines) is 1. The predicted molar refractivity (Wildman–Crippen MR) is 79.5 cm³/mol. The standard InChI is InChI=1S/C16H24N2O2/c1-11-6-12-7-15(19-3)13(8-16(12)20-11)9-17-14-4-5-18(2)10-14/h7-8,11,14,17H,4-6,9-10H2,1-3H3. The first kappa shape index (κ1) is 13.7. The second-order valence-electron chi connectivity index (χ2n) is 6.03. The molecule has 0 radical (unpaired) electrons. The number of nitrogens with zero attached hydrogens (tertiary/aromatic N) is 1. The topological polar surface area (TPSA) is 33.7 Å². The summed E-state index contributed by atoms with van der Waals surface area (Å²) in [6.45, 7) is 5.26. The summed E-state index contributed by atoms with van der Waals surface area (Å²) < 4.78 is 11.4. The van der Waals surface area contributed by atoms with Crippen molar-refractivity contribution >= 4 is 0 Å². The third-order valence-electron chi connectivity index (χ3n) is 4.27. The van der Waals surface area contributed by atoms with Crippen molar-refractivity contribution in [3.63, 3.8) is 0 Å². The number of ether oxygens (including phenoxy) is 2. The number of hydrogen-bond donors (Lipinski definition) is 1. The summed E-state index contributed by atoms with van der Waals surface area (Å²) in [6.07, 6.45) is 2.48. The SMILES string of the molecule is COc1cc2c(cc1CNC1CCN(C)C1)OC(C)C2. The van der Waals surface area contributed by atoms with Crippen LogP contribution in [0.15, 0.2) is 12.1 Å². The van der Waals surface area contributed by atoms with Gasteiger partial charge in [-0.2, -0.15) is 0 Å². The summed E-state index contributed by atoms with van der Waals surface area (Å²) in [6, 6.07) is 4.86. The van der Waals surface area contributed by atoms with Crippen LogP contribution in [-0.4, -0.2) is 44.3 Å². The molecule has 1 N–H and O–H groups in total. The monoisotopic (exact) mass is 276 g/mol. The molecule has 0 aromatic heterocycles. The van der Waals surface area contributed by atoms with Gasteiger partial charge in [0.2, 0.25) is 0 Å². The molecule has 2 heterocycles. The van der Waals surface area contributed by atoms with Crippen molar-refractivity contribution in [1.29, 1.82) is 0 Å². The lowest BCUT2D eigenvalue weighted by Crippen LogP contribution is -2.31. The zero-order chi connectivity index (χ0) is 14.1. The van der Waals surface area contributed by atoms with Gasteiger partial charge in [-0.05, 0) is 39.1 Å². The number of nitrogens with one attached hydrogen (secondary N) is 1. The summed E-state index contributed by atoms with van der Waals surface area (Å²) in [5, 5.41) is 3.63. The van der Waals surface area contributed by atoms with E-state index in [1.165, 1.54) is 24.1 Å². The highest BCUT2D eigenvalue weighted by Crippen LogP contribution is 2.35. The van der Waals surface area contributed by atoms with Gasteiger partial charge in [0.05, 0.1) is 7.11 Å². The molecule has 3 rings (SSSR count). The molecule has 2 aliphatic heterocycles. The molecule has 2 unspecified atom stereocenters. The van der Waals surface area contributed by atoms with Crippen LogP contribution in [0.2, 0.25) is 0 Å². The molecule has 110 valence electrons. The van der Waals surface area contributed by atoms with Crippen LogP contribution in [0.5, 0.6) is 11.5 Å². The molecule has 0 amide bonds. The minimum atomic E-state index is 0.279. The van der Waals surface area contributed by atoms with Gasteiger partial charge in [-0.1, -0.05) is 0 Å². The Labute approximate surface area is 121 Å². The maximum Gasteiger partial charge on any atom is 0.123 e. The van der Waals surface area contributed by atoms with E-state index in [-0.39, 0.29) is 6.10 Å². The first-order valence-electron chi connectivity index (χ1n) is 7.44. The summed E-state index contributed by atoms with van der Waals surface area (Å²) in [5.41, 5.74) is 2.45. The lowest BCUT2D eigenvalue weighted by atomic mass is 10.1. The second-order valence-corrected chi connectivity index (χ2v) is 6.03. The van der Waals surface area contributed by atoms with Crippen LogP contribution >= 0.6 is 0 Å². The number of fused-ring (bicyclic) bond motifs is 1. The van der Waals surface area contributed by atoms with Crippen LogP contribution < -0.4 is 14.8 Å². The minimum absolute atomic E-state index is 0.279. The molecule has 0 saturated carbocycles. The summed E-state index contributed by atoms with van der Waals surface area (Å²) >= 11 is 0. The van der Waals surface area contributed by atoms with Crippen molar-refractivity contribution in [3.05, 3.63) is 23.3 Å². The molecular formula is C16H24N2O2. The Kier molecular flexibility index (Phi) is 3.85. The Morgan fingerprint density at radius 3 is 3.00 bits per heavy atom.